The molecule has 4 heterocycles. The van der Waals surface area contributed by atoms with Gasteiger partial charge in [-0.25, -0.2) is 5.84 Å². The van der Waals surface area contributed by atoms with Gasteiger partial charge in [-0.3, -0.25) is 20.0 Å². The van der Waals surface area contributed by atoms with Crippen molar-refractivity contribution in [3.63, 3.8) is 0 Å². The number of likely N-dealkylation sites (N-methyl/N-ethyl adjacent to an activating group) is 1. The standard InChI is InChI=1S/C41H76N2O15.C6H7N3O/c1-15-29-41(10,49)34(45)24(4)31(42-53-21-52-17-16-50-13)22(2)19-39(8,48)36(58-38-32(44)28(43(11)12)18-23(3)54-38)25(5)33(26(6)37(47)56-29)57-30-20-40(9,51-14)35(46)27(7)55-30;7-9-6(10)5-1-3-8-4-2-5/h22-30,32-36,38,44-46,48-49H,15-21H2,1-14H3;1-4H,7H2,(H,9,10)/b42-31+;/t22-,23?,24+,25+,26-,27?,28?,29-,30?,32?,33+,34-,35?,36-,38?,39-,40?,41-;/m1./s1. The number of nitrogens with zero attached hydrogens (tertiary/aromatic N) is 3. The molecule has 68 heavy (non-hydrogen) atoms. The Morgan fingerprint density at radius 3 is 2.18 bits per heavy atom. The normalized spacial score (nSPS) is 40.4. The minimum atomic E-state index is -1.97. The quantitative estimate of drug-likeness (QED) is 0.0350. The van der Waals surface area contributed by atoms with Gasteiger partial charge in [0.1, 0.15) is 23.9 Å². The number of cyclic esters (lactones) is 1. The number of methoxy groups -OCH3 is 2. The number of nitrogens with one attached hydrogen (secondary N) is 1. The van der Waals surface area contributed by atoms with Gasteiger partial charge in [-0.15, -0.1) is 0 Å². The van der Waals surface area contributed by atoms with Gasteiger partial charge in [-0.2, -0.15) is 0 Å². The summed E-state index contributed by atoms with van der Waals surface area (Å²) in [7, 11) is 6.76. The van der Waals surface area contributed by atoms with Crippen LogP contribution in [0.5, 0.6) is 0 Å². The summed E-state index contributed by atoms with van der Waals surface area (Å²) in [4.78, 5) is 36.3. The van der Waals surface area contributed by atoms with Crippen molar-refractivity contribution in [3.05, 3.63) is 30.1 Å². The summed E-state index contributed by atoms with van der Waals surface area (Å²) < 4.78 is 48.1. The molecule has 0 spiro atoms. The average Bonchev–Trinajstić information content (AvgIpc) is 3.29. The highest BCUT2D eigenvalue weighted by molar-refractivity contribution is 5.93. The van der Waals surface area contributed by atoms with E-state index in [4.69, 9.17) is 48.6 Å². The van der Waals surface area contributed by atoms with Gasteiger partial charge in [0, 0.05) is 62.4 Å². The highest BCUT2D eigenvalue weighted by Gasteiger charge is 2.53. The van der Waals surface area contributed by atoms with Crippen molar-refractivity contribution in [2.75, 3.05) is 48.3 Å². The van der Waals surface area contributed by atoms with Crippen LogP contribution < -0.4 is 11.3 Å². The van der Waals surface area contributed by atoms with E-state index in [9.17, 15) is 35.1 Å². The number of rotatable bonds is 14. The van der Waals surface area contributed by atoms with Gasteiger partial charge in [0.2, 0.25) is 6.79 Å². The second kappa shape index (κ2) is 26.4. The first-order valence-electron chi connectivity index (χ1n) is 23.5. The van der Waals surface area contributed by atoms with Crippen molar-refractivity contribution in [3.8, 4) is 0 Å². The molecule has 4 rings (SSSR count). The van der Waals surface area contributed by atoms with E-state index in [1.165, 1.54) is 26.4 Å². The number of hydrogen-bond donors (Lipinski definition) is 7. The molecule has 1 aromatic heterocycles. The Kier molecular flexibility index (Phi) is 23.1. The third kappa shape index (κ3) is 15.3. The van der Waals surface area contributed by atoms with Crippen LogP contribution in [0.2, 0.25) is 0 Å². The fourth-order valence-electron chi connectivity index (χ4n) is 9.52. The van der Waals surface area contributed by atoms with Crippen LogP contribution in [0, 0.1) is 23.7 Å². The number of hydrazine groups is 1. The fourth-order valence-corrected chi connectivity index (χ4v) is 9.52. The molecule has 0 saturated carbocycles. The van der Waals surface area contributed by atoms with Gasteiger partial charge >= 0.3 is 5.97 Å². The molecule has 3 aliphatic heterocycles. The monoisotopic (exact) mass is 974 g/mol. The smallest absolute Gasteiger partial charge is 0.311 e. The first-order valence-corrected chi connectivity index (χ1v) is 23.5. The van der Waals surface area contributed by atoms with Gasteiger partial charge in [0.05, 0.1) is 66.6 Å². The molecule has 8 N–H and O–H groups in total. The van der Waals surface area contributed by atoms with E-state index < -0.39 is 102 Å². The lowest BCUT2D eigenvalue weighted by Crippen LogP contribution is -2.61. The molecule has 0 bridgehead atoms. The van der Waals surface area contributed by atoms with Crippen molar-refractivity contribution in [1.82, 2.24) is 15.3 Å². The molecule has 3 fully saturated rings. The predicted octanol–water partition coefficient (Wildman–Crippen LogP) is 1.89. The zero-order chi connectivity index (χ0) is 51.3. The van der Waals surface area contributed by atoms with Crippen molar-refractivity contribution in [2.45, 2.75) is 179 Å². The van der Waals surface area contributed by atoms with Crippen LogP contribution in [0.1, 0.15) is 105 Å². The van der Waals surface area contributed by atoms with Crippen LogP contribution in [0.15, 0.2) is 29.7 Å². The number of nitrogen functional groups attached to an aromatic ring is 1. The first-order chi connectivity index (χ1) is 31.8. The zero-order valence-corrected chi connectivity index (χ0v) is 42.6. The minimum absolute atomic E-state index is 0.0307. The Morgan fingerprint density at radius 2 is 1.60 bits per heavy atom. The van der Waals surface area contributed by atoms with E-state index in [2.05, 4.69) is 10.1 Å². The highest BCUT2D eigenvalue weighted by Crippen LogP contribution is 2.41. The minimum Gasteiger partial charge on any atom is -0.459 e. The fraction of sp³-hybridized carbons (Fsp3) is 0.830. The van der Waals surface area contributed by atoms with E-state index in [0.29, 0.717) is 24.3 Å². The van der Waals surface area contributed by atoms with Crippen LogP contribution >= 0.6 is 0 Å². The van der Waals surface area contributed by atoms with Gasteiger partial charge in [0.15, 0.2) is 12.6 Å². The van der Waals surface area contributed by atoms with E-state index in [1.807, 2.05) is 38.3 Å². The average molecular weight is 974 g/mol. The number of amides is 1. The van der Waals surface area contributed by atoms with Gasteiger partial charge in [0.25, 0.3) is 5.91 Å². The summed E-state index contributed by atoms with van der Waals surface area (Å²) in [5.41, 5.74) is -1.97. The number of aromatic nitrogens is 1. The van der Waals surface area contributed by atoms with Crippen LogP contribution in [0.3, 0.4) is 0 Å². The number of nitrogens with two attached hydrogens (primary N) is 1. The van der Waals surface area contributed by atoms with Crippen molar-refractivity contribution < 1.29 is 77.9 Å². The van der Waals surface area contributed by atoms with Crippen molar-refractivity contribution in [1.29, 1.82) is 0 Å². The molecular weight excluding hydrogens is 891 g/mol. The molecule has 0 radical (unpaired) electrons. The molecular formula is C47H83N5O16. The lowest BCUT2D eigenvalue weighted by molar-refractivity contribution is -0.317. The molecule has 21 nitrogen and oxygen atoms in total. The summed E-state index contributed by atoms with van der Waals surface area (Å²) in [6.07, 6.45) is -6.43. The van der Waals surface area contributed by atoms with Crippen LogP contribution in [0.4, 0.5) is 0 Å². The molecule has 1 aromatic rings. The molecule has 0 aliphatic carbocycles. The first kappa shape index (κ1) is 59.3. The maximum absolute atomic E-state index is 14.3. The predicted molar refractivity (Wildman–Crippen MR) is 248 cm³/mol. The summed E-state index contributed by atoms with van der Waals surface area (Å²) >= 11 is 0. The van der Waals surface area contributed by atoms with Crippen LogP contribution in [-0.2, 0) is 47.5 Å². The third-order valence-electron chi connectivity index (χ3n) is 13.7. The molecule has 1 amide bonds. The molecule has 3 saturated heterocycles. The van der Waals surface area contributed by atoms with Gasteiger partial charge in [-0.1, -0.05) is 32.9 Å². The SMILES string of the molecule is CC[C@H]1OC(=O)[C@H](C)[C@@H](OC2CC(C)(OC)C(O)C(C)O2)[C@H](C)[C@@H](OC2OC(C)CC(N(C)C)C2O)[C@](C)(O)C[C@@H](C)/C(=N\OCOCCOC)[C@H](C)[C@@H](O)[C@]1(C)O.NNC(=O)c1ccncc1. The largest absolute Gasteiger partial charge is 0.459 e. The highest BCUT2D eigenvalue weighted by atomic mass is 16.7. The molecule has 0 aromatic carbocycles. The Morgan fingerprint density at radius 1 is 0.956 bits per heavy atom. The maximum atomic E-state index is 14.3. The lowest BCUT2D eigenvalue weighted by atomic mass is 9.73. The Bertz CT molecular complexity index is 1710. The molecule has 8 unspecified atom stereocenters. The van der Waals surface area contributed by atoms with Gasteiger partial charge in [-0.05, 0) is 87.0 Å². The number of ether oxygens (including phenoxy) is 8. The summed E-state index contributed by atoms with van der Waals surface area (Å²) in [6, 6.07) is 2.84. The van der Waals surface area contributed by atoms with E-state index in [-0.39, 0.29) is 50.7 Å². The van der Waals surface area contributed by atoms with Crippen LogP contribution in [0.25, 0.3) is 0 Å². The summed E-state index contributed by atoms with van der Waals surface area (Å²) in [6.45, 7) is 17.3. The Labute approximate surface area is 402 Å². The second-order valence-electron chi connectivity index (χ2n) is 19.4. The van der Waals surface area contributed by atoms with Crippen molar-refractivity contribution >= 4 is 17.6 Å². The zero-order valence-electron chi connectivity index (χ0n) is 42.6. The number of oxime groups is 1. The number of aliphatic hydroxyl groups is 5. The Hall–Kier alpha value is -3.00. The molecule has 18 atom stereocenters. The van der Waals surface area contributed by atoms with E-state index in [1.54, 1.807) is 67.7 Å². The number of carbonyl (C=O) groups excluding carboxylic acids is 2. The molecule has 3 aliphatic rings. The Balaban J connectivity index is 0.00000108. The number of aliphatic hydroxyl groups excluding tert-OH is 3. The van der Waals surface area contributed by atoms with E-state index in [0.717, 1.165) is 0 Å². The maximum Gasteiger partial charge on any atom is 0.311 e. The lowest BCUT2D eigenvalue weighted by Gasteiger charge is -2.49. The number of pyridine rings is 1. The van der Waals surface area contributed by atoms with Gasteiger partial charge < -0.3 is 73.2 Å². The third-order valence-corrected chi connectivity index (χ3v) is 13.7. The summed E-state index contributed by atoms with van der Waals surface area (Å²) in [5.74, 6) is 0.441. The topological polar surface area (TPSA) is 285 Å². The number of carbonyl (C=O) groups is 2. The number of hydrogen-bond acceptors (Lipinski definition) is 20. The van der Waals surface area contributed by atoms with Crippen molar-refractivity contribution in [2.24, 2.45) is 34.7 Å². The van der Waals surface area contributed by atoms with Crippen LogP contribution in [-0.4, -0.2) is 186 Å². The second-order valence-corrected chi connectivity index (χ2v) is 19.4. The van der Waals surface area contributed by atoms with E-state index >= 15 is 0 Å². The molecule has 392 valence electrons. The molecule has 21 heteroatoms. The summed E-state index contributed by atoms with van der Waals surface area (Å²) in [5, 5.41) is 63.6. The number of esters is 1.